The van der Waals surface area contributed by atoms with Crippen molar-refractivity contribution < 1.29 is 57.1 Å². The zero-order valence-electron chi connectivity index (χ0n) is 21.2. The lowest BCUT2D eigenvalue weighted by Gasteiger charge is -2.22. The molecule has 21 nitrogen and oxygen atoms in total. The molecule has 1 unspecified atom stereocenters. The number of nitrogens with two attached hydrogens (primary N) is 2. The van der Waals surface area contributed by atoms with Crippen LogP contribution in [0.25, 0.3) is 11.2 Å². The molecule has 2 fully saturated rings. The Morgan fingerprint density at radius 2 is 1.74 bits per heavy atom. The molecule has 2 saturated heterocycles. The first-order chi connectivity index (χ1) is 19.7. The molecule has 3 aromatic heterocycles. The van der Waals surface area contributed by atoms with E-state index in [1.54, 1.807) is 0 Å². The lowest BCUT2D eigenvalue weighted by molar-refractivity contribution is -0.0588. The van der Waals surface area contributed by atoms with Gasteiger partial charge in [-0.15, -0.1) is 0 Å². The van der Waals surface area contributed by atoms with Crippen LogP contribution in [-0.4, -0.2) is 97.7 Å². The fourth-order valence-electron chi connectivity index (χ4n) is 4.47. The summed E-state index contributed by atoms with van der Waals surface area (Å²) in [5.74, 6) is 0.00388. The molecule has 2 aliphatic heterocycles. The van der Waals surface area contributed by atoms with Gasteiger partial charge in [0, 0.05) is 12.6 Å². The highest BCUT2D eigenvalue weighted by molar-refractivity contribution is 7.47. The molecule has 230 valence electrons. The molecule has 0 spiro atoms. The van der Waals surface area contributed by atoms with Gasteiger partial charge >= 0.3 is 21.3 Å². The van der Waals surface area contributed by atoms with Crippen molar-refractivity contribution in [2.24, 2.45) is 0 Å². The number of phosphoric ester groups is 2. The zero-order chi connectivity index (χ0) is 30.4. The van der Waals surface area contributed by atoms with E-state index in [4.69, 9.17) is 39.8 Å². The van der Waals surface area contributed by atoms with Gasteiger partial charge in [0.1, 0.15) is 54.4 Å². The van der Waals surface area contributed by atoms with Crippen LogP contribution in [0.2, 0.25) is 0 Å². The molecule has 2 aliphatic rings. The maximum absolute atomic E-state index is 12.9. The molecule has 0 aromatic carbocycles. The van der Waals surface area contributed by atoms with Crippen LogP contribution < -0.4 is 17.2 Å². The summed E-state index contributed by atoms with van der Waals surface area (Å²) in [4.78, 5) is 56.3. The summed E-state index contributed by atoms with van der Waals surface area (Å²) in [6, 6.07) is 1.29. The molecule has 42 heavy (non-hydrogen) atoms. The number of nitrogen functional groups attached to an aromatic ring is 2. The molecule has 0 aliphatic carbocycles. The summed E-state index contributed by atoms with van der Waals surface area (Å²) in [6.45, 7) is -1.53. The standard InChI is InChI=1S/C19H26N8O13P2/c20-11-1-2-26(19(30)25-11)12-3-8(9(38-12)4-36-41(31,32)33)40-42(34,35)37-5-10-14(28)15(29)18(39-10)27-7-24-13-16(21)22-6-23-17(13)27/h1-2,6-10,12,14-15,18,28-29H,3-5H2,(H,34,35)(H2,20,25,30)(H2,21,22,23)(H2,31,32,33)/t8-,9-,10-,12-,14-,15-,18-/m1/s1. The largest absolute Gasteiger partial charge is 0.472 e. The van der Waals surface area contributed by atoms with Crippen LogP contribution in [0.15, 0.2) is 29.7 Å². The van der Waals surface area contributed by atoms with Gasteiger partial charge in [0.15, 0.2) is 17.7 Å². The zero-order valence-corrected chi connectivity index (χ0v) is 23.0. The first-order valence-corrected chi connectivity index (χ1v) is 15.1. The predicted molar refractivity (Wildman–Crippen MR) is 136 cm³/mol. The summed E-state index contributed by atoms with van der Waals surface area (Å²) in [5, 5.41) is 21.1. The number of phosphoric acid groups is 2. The number of hydrogen-bond donors (Lipinski definition) is 7. The predicted octanol–water partition coefficient (Wildman–Crippen LogP) is -2.23. The van der Waals surface area contributed by atoms with E-state index in [0.717, 1.165) is 4.57 Å². The Bertz CT molecular complexity index is 1600. The highest BCUT2D eigenvalue weighted by atomic mass is 31.2. The highest BCUT2D eigenvalue weighted by Crippen LogP contribution is 2.49. The van der Waals surface area contributed by atoms with E-state index in [0.29, 0.717) is 0 Å². The van der Waals surface area contributed by atoms with Crippen LogP contribution in [0.3, 0.4) is 0 Å². The third-order valence-corrected chi connectivity index (χ3v) is 7.92. The van der Waals surface area contributed by atoms with E-state index >= 15 is 0 Å². The first-order valence-electron chi connectivity index (χ1n) is 12.0. The van der Waals surface area contributed by atoms with Crippen LogP contribution in [0.5, 0.6) is 0 Å². The fourth-order valence-corrected chi connectivity index (χ4v) is 5.77. The van der Waals surface area contributed by atoms with Crippen molar-refractivity contribution in [3.8, 4) is 0 Å². The van der Waals surface area contributed by atoms with Crippen molar-refractivity contribution in [1.29, 1.82) is 0 Å². The van der Waals surface area contributed by atoms with Gasteiger partial charge in [-0.2, -0.15) is 4.98 Å². The number of ether oxygens (including phenoxy) is 2. The highest BCUT2D eigenvalue weighted by Gasteiger charge is 2.47. The van der Waals surface area contributed by atoms with E-state index in [-0.39, 0.29) is 29.2 Å². The van der Waals surface area contributed by atoms with E-state index in [1.165, 1.54) is 29.5 Å². The van der Waals surface area contributed by atoms with Gasteiger partial charge < -0.3 is 45.8 Å². The summed E-state index contributed by atoms with van der Waals surface area (Å²) >= 11 is 0. The van der Waals surface area contributed by atoms with Gasteiger partial charge in [-0.25, -0.2) is 28.9 Å². The molecular formula is C19H26N8O13P2. The molecule has 0 radical (unpaired) electrons. The Labute approximate surface area is 234 Å². The van der Waals surface area contributed by atoms with Gasteiger partial charge in [0.2, 0.25) is 0 Å². The third kappa shape index (κ3) is 6.52. The minimum absolute atomic E-state index is 0.0704. The number of aliphatic hydroxyl groups is 2. The first kappa shape index (κ1) is 30.5. The lowest BCUT2D eigenvalue weighted by atomic mass is 10.1. The van der Waals surface area contributed by atoms with Gasteiger partial charge in [-0.05, 0) is 6.07 Å². The number of fused-ring (bicyclic) bond motifs is 1. The quantitative estimate of drug-likeness (QED) is 0.116. The van der Waals surface area contributed by atoms with Gasteiger partial charge in [-0.3, -0.25) is 22.7 Å². The molecule has 5 heterocycles. The van der Waals surface area contributed by atoms with Gasteiger partial charge in [0.25, 0.3) is 0 Å². The van der Waals surface area contributed by atoms with E-state index in [1.807, 2.05) is 0 Å². The Morgan fingerprint density at radius 1 is 1.00 bits per heavy atom. The van der Waals surface area contributed by atoms with Crippen molar-refractivity contribution >= 4 is 38.4 Å². The SMILES string of the molecule is Nc1ccn([C@H]2C[C@@H](OP(=O)(O)OC[C@H]3O[C@@H](n4cnc5c(N)ncnc54)[C@H](O)[C@@H]3O)[C@@H](COP(=O)(O)O)O2)c(=O)n1. The normalized spacial score (nSPS) is 29.7. The van der Waals surface area contributed by atoms with Crippen molar-refractivity contribution in [2.75, 3.05) is 24.7 Å². The van der Waals surface area contributed by atoms with E-state index < -0.39 is 77.5 Å². The van der Waals surface area contributed by atoms with E-state index in [2.05, 4.69) is 24.5 Å². The number of aliphatic hydroxyl groups excluding tert-OH is 2. The Balaban J connectivity index is 1.26. The van der Waals surface area contributed by atoms with Crippen molar-refractivity contribution in [2.45, 2.75) is 49.4 Å². The second-order valence-corrected chi connectivity index (χ2v) is 11.9. The minimum atomic E-state index is -4.99. The molecular weight excluding hydrogens is 610 g/mol. The van der Waals surface area contributed by atoms with Crippen molar-refractivity contribution in [3.63, 3.8) is 0 Å². The van der Waals surface area contributed by atoms with Crippen molar-refractivity contribution in [3.05, 3.63) is 35.4 Å². The monoisotopic (exact) mass is 636 g/mol. The van der Waals surface area contributed by atoms with Crippen LogP contribution >= 0.6 is 15.6 Å². The van der Waals surface area contributed by atoms with Crippen LogP contribution in [0.4, 0.5) is 11.6 Å². The minimum Gasteiger partial charge on any atom is -0.387 e. The Kier molecular flexibility index (Phi) is 8.47. The molecule has 8 atom stereocenters. The summed E-state index contributed by atoms with van der Waals surface area (Å²) in [5.41, 5.74) is 10.9. The number of nitrogens with zero attached hydrogens (tertiary/aromatic N) is 6. The van der Waals surface area contributed by atoms with Gasteiger partial charge in [0.05, 0.1) is 19.5 Å². The molecule has 5 rings (SSSR count). The molecule has 9 N–H and O–H groups in total. The summed E-state index contributed by atoms with van der Waals surface area (Å²) in [7, 11) is -9.96. The van der Waals surface area contributed by atoms with Gasteiger partial charge in [-0.1, -0.05) is 0 Å². The van der Waals surface area contributed by atoms with Crippen molar-refractivity contribution in [1.82, 2.24) is 29.1 Å². The third-order valence-electron chi connectivity index (χ3n) is 6.42. The summed E-state index contributed by atoms with van der Waals surface area (Å²) < 4.78 is 52.3. The number of aromatic nitrogens is 6. The Morgan fingerprint density at radius 3 is 2.45 bits per heavy atom. The average Bonchev–Trinajstić information content (AvgIpc) is 3.58. The van der Waals surface area contributed by atoms with Crippen LogP contribution in [0, 0.1) is 0 Å². The number of anilines is 2. The second-order valence-electron chi connectivity index (χ2n) is 9.23. The van der Waals surface area contributed by atoms with Crippen LogP contribution in [0.1, 0.15) is 18.9 Å². The van der Waals surface area contributed by atoms with Crippen LogP contribution in [-0.2, 0) is 32.2 Å². The molecule has 0 bridgehead atoms. The average molecular weight is 636 g/mol. The smallest absolute Gasteiger partial charge is 0.387 e. The summed E-state index contributed by atoms with van der Waals surface area (Å²) in [6.07, 6.45) is -6.12. The molecule has 23 heteroatoms. The Hall–Kier alpha value is -2.91. The fraction of sp³-hybridized carbons (Fsp3) is 0.526. The number of hydrogen-bond acceptors (Lipinski definition) is 16. The second kappa shape index (κ2) is 11.6. The maximum Gasteiger partial charge on any atom is 0.472 e. The topological polar surface area (TPSA) is 312 Å². The number of rotatable bonds is 10. The molecule has 3 aromatic rings. The maximum atomic E-state index is 12.9. The van der Waals surface area contributed by atoms with E-state index in [9.17, 15) is 29.0 Å². The molecule has 0 saturated carbocycles. The molecule has 0 amide bonds. The lowest BCUT2D eigenvalue weighted by Crippen LogP contribution is -2.34. The number of imidazole rings is 1.